The smallest absolute Gasteiger partial charge is 0.263 e. The van der Waals surface area contributed by atoms with Crippen LogP contribution < -0.4 is 11.1 Å². The Bertz CT molecular complexity index is 656. The molecule has 0 spiro atoms. The molecule has 1 amide bonds. The molecule has 3 rings (SSSR count). The summed E-state index contributed by atoms with van der Waals surface area (Å²) in [5, 5.41) is 3.00. The molecule has 1 saturated heterocycles. The first-order valence-corrected chi connectivity index (χ1v) is 7.96. The number of amides is 1. The maximum absolute atomic E-state index is 12.3. The van der Waals surface area contributed by atoms with Crippen LogP contribution in [0.2, 0.25) is 0 Å². The quantitative estimate of drug-likeness (QED) is 0.897. The summed E-state index contributed by atoms with van der Waals surface area (Å²) in [5.41, 5.74) is 7.05. The minimum Gasteiger partial charge on any atom is -0.396 e. The lowest BCUT2D eigenvalue weighted by atomic mass is 10.0. The van der Waals surface area contributed by atoms with Crippen molar-refractivity contribution in [2.24, 2.45) is 0 Å². The number of fused-ring (bicyclic) bond motifs is 1. The highest BCUT2D eigenvalue weighted by Crippen LogP contribution is 2.30. The monoisotopic (exact) mass is 305 g/mol. The van der Waals surface area contributed by atoms with E-state index in [1.54, 1.807) is 12.4 Å². The van der Waals surface area contributed by atoms with Crippen LogP contribution >= 0.6 is 11.3 Å². The van der Waals surface area contributed by atoms with Crippen LogP contribution in [0.3, 0.4) is 0 Å². The normalized spacial score (nSPS) is 19.8. The van der Waals surface area contributed by atoms with Crippen LogP contribution in [0.25, 0.3) is 10.3 Å². The zero-order valence-electron chi connectivity index (χ0n) is 12.0. The summed E-state index contributed by atoms with van der Waals surface area (Å²) >= 11 is 1.30. The molecule has 0 aliphatic carbocycles. The van der Waals surface area contributed by atoms with E-state index in [-0.39, 0.29) is 5.91 Å². The fourth-order valence-electron chi connectivity index (χ4n) is 2.71. The average Bonchev–Trinajstić information content (AvgIpc) is 2.84. The number of nitrogen functional groups attached to an aromatic ring is 1. The molecule has 1 atom stereocenters. The third-order valence-corrected chi connectivity index (χ3v) is 5.09. The molecule has 1 aliphatic heterocycles. The Labute approximate surface area is 127 Å². The van der Waals surface area contributed by atoms with Crippen molar-refractivity contribution in [2.45, 2.75) is 25.3 Å². The highest BCUT2D eigenvalue weighted by molar-refractivity contribution is 7.21. The second kappa shape index (κ2) is 5.95. The molecule has 3 N–H and O–H groups in total. The summed E-state index contributed by atoms with van der Waals surface area (Å²) in [5.74, 6) is -0.128. The van der Waals surface area contributed by atoms with Crippen LogP contribution in [-0.4, -0.2) is 47.0 Å². The number of nitrogens with one attached hydrogen (secondary N) is 1. The Morgan fingerprint density at radius 2 is 2.29 bits per heavy atom. The van der Waals surface area contributed by atoms with E-state index < -0.39 is 0 Å². The van der Waals surface area contributed by atoms with Gasteiger partial charge >= 0.3 is 0 Å². The number of thiophene rings is 1. The third-order valence-electron chi connectivity index (χ3n) is 3.99. The van der Waals surface area contributed by atoms with Crippen molar-refractivity contribution < 1.29 is 4.79 Å². The second-order valence-corrected chi connectivity index (χ2v) is 6.39. The zero-order valence-corrected chi connectivity index (χ0v) is 12.8. The number of carbonyl (C=O) groups excluding carboxylic acids is 1. The van der Waals surface area contributed by atoms with Gasteiger partial charge in [0.25, 0.3) is 5.91 Å². The van der Waals surface area contributed by atoms with Crippen molar-refractivity contribution in [2.75, 3.05) is 25.9 Å². The van der Waals surface area contributed by atoms with E-state index in [1.807, 2.05) is 0 Å². The van der Waals surface area contributed by atoms with Gasteiger partial charge in [0, 0.05) is 25.0 Å². The van der Waals surface area contributed by atoms with E-state index >= 15 is 0 Å². The summed E-state index contributed by atoms with van der Waals surface area (Å²) in [6.45, 7) is 1.75. The highest BCUT2D eigenvalue weighted by Gasteiger charge is 2.22. The number of rotatable bonds is 3. The largest absolute Gasteiger partial charge is 0.396 e. The molecule has 1 fully saturated rings. The molecule has 112 valence electrons. The van der Waals surface area contributed by atoms with Gasteiger partial charge in [-0.1, -0.05) is 6.42 Å². The summed E-state index contributed by atoms with van der Waals surface area (Å²) in [6, 6.07) is 0.412. The van der Waals surface area contributed by atoms with E-state index in [2.05, 4.69) is 27.2 Å². The number of likely N-dealkylation sites (N-methyl/N-ethyl adjacent to an activating group) is 1. The third kappa shape index (κ3) is 2.84. The predicted molar refractivity (Wildman–Crippen MR) is 84.4 cm³/mol. The average molecular weight is 305 g/mol. The molecular formula is C14H19N5OS. The standard InChI is InChI=1S/C14H19N5OS/c1-19-7-3-2-4-9(19)8-18-13(20)12-10(15)11-14(21-12)17-6-5-16-11/h5-6,9H,2-4,7-8,15H2,1H3,(H,18,20). The Morgan fingerprint density at radius 3 is 3.05 bits per heavy atom. The van der Waals surface area contributed by atoms with Crippen molar-refractivity contribution >= 4 is 33.3 Å². The Balaban J connectivity index is 1.70. The molecule has 21 heavy (non-hydrogen) atoms. The summed E-state index contributed by atoms with van der Waals surface area (Å²) in [7, 11) is 2.11. The van der Waals surface area contributed by atoms with Crippen molar-refractivity contribution in [3.63, 3.8) is 0 Å². The first-order chi connectivity index (χ1) is 10.2. The first kappa shape index (κ1) is 14.2. The van der Waals surface area contributed by atoms with E-state index in [4.69, 9.17) is 5.73 Å². The number of nitrogens with zero attached hydrogens (tertiary/aromatic N) is 3. The van der Waals surface area contributed by atoms with Gasteiger partial charge in [-0.2, -0.15) is 0 Å². The van der Waals surface area contributed by atoms with Gasteiger partial charge in [0.2, 0.25) is 0 Å². The molecule has 0 aromatic carbocycles. The van der Waals surface area contributed by atoms with Crippen LogP contribution in [0.4, 0.5) is 5.69 Å². The number of carbonyl (C=O) groups is 1. The van der Waals surface area contributed by atoms with Gasteiger partial charge in [0.15, 0.2) is 0 Å². The molecule has 0 radical (unpaired) electrons. The second-order valence-electron chi connectivity index (χ2n) is 5.40. The lowest BCUT2D eigenvalue weighted by molar-refractivity contribution is 0.0933. The molecular weight excluding hydrogens is 286 g/mol. The number of hydrogen-bond donors (Lipinski definition) is 2. The van der Waals surface area contributed by atoms with E-state index in [1.165, 1.54) is 24.2 Å². The number of likely N-dealkylation sites (tertiary alicyclic amines) is 1. The Hall–Kier alpha value is -1.73. The van der Waals surface area contributed by atoms with Crippen LogP contribution in [0.1, 0.15) is 28.9 Å². The molecule has 1 aliphatic rings. The van der Waals surface area contributed by atoms with Crippen LogP contribution in [0.5, 0.6) is 0 Å². The minimum atomic E-state index is -0.128. The van der Waals surface area contributed by atoms with Gasteiger partial charge in [-0.05, 0) is 26.4 Å². The van der Waals surface area contributed by atoms with Crippen LogP contribution in [0.15, 0.2) is 12.4 Å². The molecule has 3 heterocycles. The maximum Gasteiger partial charge on any atom is 0.263 e. The molecule has 6 nitrogen and oxygen atoms in total. The number of hydrogen-bond acceptors (Lipinski definition) is 6. The van der Waals surface area contributed by atoms with Crippen molar-refractivity contribution in [3.05, 3.63) is 17.3 Å². The van der Waals surface area contributed by atoms with E-state index in [9.17, 15) is 4.79 Å². The maximum atomic E-state index is 12.3. The fourth-order valence-corrected chi connectivity index (χ4v) is 3.64. The molecule has 7 heteroatoms. The predicted octanol–water partition coefficient (Wildman–Crippen LogP) is 1.49. The topological polar surface area (TPSA) is 84.1 Å². The number of nitrogens with two attached hydrogens (primary N) is 1. The number of anilines is 1. The minimum absolute atomic E-state index is 0.128. The molecule has 1 unspecified atom stereocenters. The number of aromatic nitrogens is 2. The lowest BCUT2D eigenvalue weighted by Gasteiger charge is -2.32. The molecule has 2 aromatic rings. The molecule has 0 saturated carbocycles. The summed E-state index contributed by atoms with van der Waals surface area (Å²) < 4.78 is 0. The van der Waals surface area contributed by atoms with E-state index in [0.717, 1.165) is 13.0 Å². The van der Waals surface area contributed by atoms with Gasteiger partial charge < -0.3 is 16.0 Å². The first-order valence-electron chi connectivity index (χ1n) is 7.14. The summed E-state index contributed by atoms with van der Waals surface area (Å²) in [4.78, 5) is 24.2. The van der Waals surface area contributed by atoms with Crippen molar-refractivity contribution in [1.29, 1.82) is 0 Å². The fraction of sp³-hybridized carbons (Fsp3) is 0.500. The lowest BCUT2D eigenvalue weighted by Crippen LogP contribution is -2.44. The van der Waals surface area contributed by atoms with Crippen molar-refractivity contribution in [3.8, 4) is 0 Å². The Morgan fingerprint density at radius 1 is 1.48 bits per heavy atom. The van der Waals surface area contributed by atoms with Gasteiger partial charge in [-0.3, -0.25) is 4.79 Å². The van der Waals surface area contributed by atoms with Gasteiger partial charge in [-0.15, -0.1) is 11.3 Å². The van der Waals surface area contributed by atoms with Crippen LogP contribution in [-0.2, 0) is 0 Å². The van der Waals surface area contributed by atoms with Crippen LogP contribution in [0, 0.1) is 0 Å². The molecule has 2 aromatic heterocycles. The van der Waals surface area contributed by atoms with Gasteiger partial charge in [-0.25, -0.2) is 9.97 Å². The SMILES string of the molecule is CN1CCCCC1CNC(=O)c1sc2nccnc2c1N. The highest BCUT2D eigenvalue weighted by atomic mass is 32.1. The van der Waals surface area contributed by atoms with Crippen molar-refractivity contribution in [1.82, 2.24) is 20.2 Å². The molecule has 0 bridgehead atoms. The Kier molecular flexibility index (Phi) is 4.03. The van der Waals surface area contributed by atoms with Gasteiger partial charge in [0.05, 0.1) is 5.69 Å². The zero-order chi connectivity index (χ0) is 14.8. The van der Waals surface area contributed by atoms with Gasteiger partial charge in [0.1, 0.15) is 15.2 Å². The summed E-state index contributed by atoms with van der Waals surface area (Å²) in [6.07, 6.45) is 6.79. The van der Waals surface area contributed by atoms with E-state index in [0.29, 0.717) is 33.5 Å². The number of piperidine rings is 1.